The number of likely N-dealkylation sites (N-methyl/N-ethyl adjacent to an activating group) is 1. The average molecular weight is 259 g/mol. The Morgan fingerprint density at radius 1 is 1.24 bits per heavy atom. The second-order valence-electron chi connectivity index (χ2n) is 5.32. The molecule has 2 fully saturated rings. The largest absolute Gasteiger partial charge is 0.341 e. The summed E-state index contributed by atoms with van der Waals surface area (Å²) in [4.78, 5) is 16.6. The van der Waals surface area contributed by atoms with E-state index >= 15 is 0 Å². The van der Waals surface area contributed by atoms with E-state index in [2.05, 4.69) is 16.8 Å². The standard InChI is InChI=1S/C13H23ClN2O/c1-15-11-5-6-12(15)10-16(9-7-11)13(17)4-2-3-8-14/h11-12H,2-10H2,1H3. The summed E-state index contributed by atoms with van der Waals surface area (Å²) in [6.07, 6.45) is 6.28. The minimum Gasteiger partial charge on any atom is -0.341 e. The van der Waals surface area contributed by atoms with E-state index in [4.69, 9.17) is 11.6 Å². The number of hydrogen-bond acceptors (Lipinski definition) is 2. The van der Waals surface area contributed by atoms with Crippen molar-refractivity contribution in [3.8, 4) is 0 Å². The van der Waals surface area contributed by atoms with Gasteiger partial charge in [-0.05, 0) is 39.2 Å². The minimum atomic E-state index is 0.330. The Morgan fingerprint density at radius 2 is 2.00 bits per heavy atom. The van der Waals surface area contributed by atoms with E-state index in [0.29, 0.717) is 30.3 Å². The molecule has 0 N–H and O–H groups in total. The summed E-state index contributed by atoms with van der Waals surface area (Å²) in [7, 11) is 2.21. The number of fused-ring (bicyclic) bond motifs is 2. The Bertz CT molecular complexity index is 272. The summed E-state index contributed by atoms with van der Waals surface area (Å²) < 4.78 is 0. The molecule has 2 atom stereocenters. The number of halogens is 1. The van der Waals surface area contributed by atoms with Crippen LogP contribution in [0, 0.1) is 0 Å². The molecule has 2 bridgehead atoms. The Kier molecular flexibility index (Phi) is 4.69. The molecule has 3 nitrogen and oxygen atoms in total. The lowest BCUT2D eigenvalue weighted by Gasteiger charge is -2.25. The highest BCUT2D eigenvalue weighted by Crippen LogP contribution is 2.28. The van der Waals surface area contributed by atoms with Crippen molar-refractivity contribution in [2.75, 3.05) is 26.0 Å². The zero-order valence-electron chi connectivity index (χ0n) is 10.7. The van der Waals surface area contributed by atoms with Crippen molar-refractivity contribution in [1.82, 2.24) is 9.80 Å². The van der Waals surface area contributed by atoms with E-state index in [9.17, 15) is 4.79 Å². The summed E-state index contributed by atoms with van der Waals surface area (Å²) in [5.74, 6) is 0.997. The maximum absolute atomic E-state index is 12.1. The fourth-order valence-electron chi connectivity index (χ4n) is 3.06. The third-order valence-electron chi connectivity index (χ3n) is 4.28. The summed E-state index contributed by atoms with van der Waals surface area (Å²) in [5.41, 5.74) is 0. The molecule has 2 unspecified atom stereocenters. The predicted molar refractivity (Wildman–Crippen MR) is 70.3 cm³/mol. The van der Waals surface area contributed by atoms with Crippen LogP contribution in [0.25, 0.3) is 0 Å². The van der Waals surface area contributed by atoms with Gasteiger partial charge in [0.1, 0.15) is 0 Å². The third-order valence-corrected chi connectivity index (χ3v) is 4.54. The fraction of sp³-hybridized carbons (Fsp3) is 0.923. The topological polar surface area (TPSA) is 23.6 Å². The predicted octanol–water partition coefficient (Wildman–Crippen LogP) is 2.09. The maximum atomic E-state index is 12.1. The number of hydrogen-bond donors (Lipinski definition) is 0. The van der Waals surface area contributed by atoms with Crippen LogP contribution in [-0.4, -0.2) is 53.8 Å². The van der Waals surface area contributed by atoms with Crippen molar-refractivity contribution in [2.24, 2.45) is 0 Å². The number of rotatable bonds is 4. The molecule has 0 spiro atoms. The van der Waals surface area contributed by atoms with Gasteiger partial charge in [-0.2, -0.15) is 0 Å². The van der Waals surface area contributed by atoms with Crippen molar-refractivity contribution in [3.63, 3.8) is 0 Å². The van der Waals surface area contributed by atoms with Crippen molar-refractivity contribution >= 4 is 17.5 Å². The van der Waals surface area contributed by atoms with E-state index in [1.165, 1.54) is 12.8 Å². The van der Waals surface area contributed by atoms with Crippen molar-refractivity contribution in [2.45, 2.75) is 50.6 Å². The molecule has 1 amide bonds. The SMILES string of the molecule is CN1C2CCC1CN(C(=O)CCCCCl)CC2. The van der Waals surface area contributed by atoms with E-state index in [-0.39, 0.29) is 0 Å². The lowest BCUT2D eigenvalue weighted by atomic mass is 10.1. The molecular weight excluding hydrogens is 236 g/mol. The van der Waals surface area contributed by atoms with Crippen LogP contribution in [0.3, 0.4) is 0 Å². The van der Waals surface area contributed by atoms with E-state index in [1.54, 1.807) is 0 Å². The first-order valence-corrected chi connectivity index (χ1v) is 7.31. The zero-order chi connectivity index (χ0) is 12.3. The molecule has 4 heteroatoms. The van der Waals surface area contributed by atoms with Crippen molar-refractivity contribution < 1.29 is 4.79 Å². The number of amides is 1. The highest BCUT2D eigenvalue weighted by atomic mass is 35.5. The molecule has 98 valence electrons. The maximum Gasteiger partial charge on any atom is 0.222 e. The first kappa shape index (κ1) is 13.2. The van der Waals surface area contributed by atoms with Crippen molar-refractivity contribution in [1.29, 1.82) is 0 Å². The number of alkyl halides is 1. The first-order valence-electron chi connectivity index (χ1n) is 6.78. The molecule has 0 aromatic carbocycles. The summed E-state index contributed by atoms with van der Waals surface area (Å²) >= 11 is 5.64. The molecule has 0 aromatic rings. The Hall–Kier alpha value is -0.280. The van der Waals surface area contributed by atoms with Crippen LogP contribution in [0.2, 0.25) is 0 Å². The van der Waals surface area contributed by atoms with Crippen LogP contribution in [-0.2, 0) is 4.79 Å². The monoisotopic (exact) mass is 258 g/mol. The quantitative estimate of drug-likeness (QED) is 0.570. The number of carbonyl (C=O) groups is 1. The van der Waals surface area contributed by atoms with Gasteiger partial charge in [0.15, 0.2) is 0 Å². The van der Waals surface area contributed by atoms with Crippen molar-refractivity contribution in [3.05, 3.63) is 0 Å². The van der Waals surface area contributed by atoms with Gasteiger partial charge in [0, 0.05) is 37.5 Å². The third kappa shape index (κ3) is 3.14. The van der Waals surface area contributed by atoms with E-state index in [0.717, 1.165) is 32.4 Å². The van der Waals surface area contributed by atoms with Crippen LogP contribution < -0.4 is 0 Å². The van der Waals surface area contributed by atoms with Crippen LogP contribution in [0.15, 0.2) is 0 Å². The second-order valence-corrected chi connectivity index (χ2v) is 5.70. The highest BCUT2D eigenvalue weighted by Gasteiger charge is 2.35. The minimum absolute atomic E-state index is 0.330. The molecule has 0 saturated carbocycles. The van der Waals surface area contributed by atoms with Crippen LogP contribution >= 0.6 is 11.6 Å². The van der Waals surface area contributed by atoms with Crippen LogP contribution in [0.5, 0.6) is 0 Å². The molecule has 2 aliphatic heterocycles. The van der Waals surface area contributed by atoms with Gasteiger partial charge in [0.05, 0.1) is 0 Å². The Morgan fingerprint density at radius 3 is 2.76 bits per heavy atom. The van der Waals surface area contributed by atoms with E-state index in [1.807, 2.05) is 0 Å². The molecule has 0 aliphatic carbocycles. The Balaban J connectivity index is 1.83. The molecule has 2 heterocycles. The summed E-state index contributed by atoms with van der Waals surface area (Å²) in [5, 5.41) is 0. The number of carbonyl (C=O) groups excluding carboxylic acids is 1. The number of unbranched alkanes of at least 4 members (excludes halogenated alkanes) is 1. The Labute approximate surface area is 109 Å². The molecule has 2 aliphatic rings. The van der Waals surface area contributed by atoms with Crippen LogP contribution in [0.1, 0.15) is 38.5 Å². The molecule has 0 aromatic heterocycles. The molecule has 17 heavy (non-hydrogen) atoms. The van der Waals surface area contributed by atoms with Gasteiger partial charge in [-0.25, -0.2) is 0 Å². The van der Waals surface area contributed by atoms with Gasteiger partial charge in [-0.1, -0.05) is 0 Å². The summed E-state index contributed by atoms with van der Waals surface area (Å²) in [6, 6.07) is 1.31. The zero-order valence-corrected chi connectivity index (χ0v) is 11.5. The molecule has 2 saturated heterocycles. The lowest BCUT2D eigenvalue weighted by molar-refractivity contribution is -0.131. The second kappa shape index (κ2) is 6.05. The average Bonchev–Trinajstić information content (AvgIpc) is 2.53. The first-order chi connectivity index (χ1) is 8.22. The van der Waals surface area contributed by atoms with Gasteiger partial charge in [0.2, 0.25) is 5.91 Å². The normalized spacial score (nSPS) is 29.4. The van der Waals surface area contributed by atoms with Gasteiger partial charge in [0.25, 0.3) is 0 Å². The highest BCUT2D eigenvalue weighted by molar-refractivity contribution is 6.17. The van der Waals surface area contributed by atoms with E-state index < -0.39 is 0 Å². The molecule has 2 rings (SSSR count). The van der Waals surface area contributed by atoms with Gasteiger partial charge < -0.3 is 4.90 Å². The smallest absolute Gasteiger partial charge is 0.222 e. The molecular formula is C13H23ClN2O. The lowest BCUT2D eigenvalue weighted by Crippen LogP contribution is -2.39. The van der Waals surface area contributed by atoms with Gasteiger partial charge in [-0.15, -0.1) is 11.6 Å². The van der Waals surface area contributed by atoms with Crippen LogP contribution in [0.4, 0.5) is 0 Å². The number of nitrogens with zero attached hydrogens (tertiary/aromatic N) is 2. The fourth-order valence-corrected chi connectivity index (χ4v) is 3.25. The van der Waals surface area contributed by atoms with Gasteiger partial charge >= 0.3 is 0 Å². The number of likely N-dealkylation sites (tertiary alicyclic amines) is 1. The summed E-state index contributed by atoms with van der Waals surface area (Å²) in [6.45, 7) is 1.89. The molecule has 0 radical (unpaired) electrons. The van der Waals surface area contributed by atoms with Gasteiger partial charge in [-0.3, -0.25) is 9.69 Å².